The first-order chi connectivity index (χ1) is 8.77. The van der Waals surface area contributed by atoms with Crippen molar-refractivity contribution < 1.29 is 9.53 Å². The topological polar surface area (TPSA) is 44.1 Å². The van der Waals surface area contributed by atoms with E-state index < -0.39 is 0 Å². The molecule has 0 N–H and O–H groups in total. The van der Waals surface area contributed by atoms with Gasteiger partial charge in [-0.2, -0.15) is 0 Å². The second-order valence-corrected chi connectivity index (χ2v) is 4.60. The van der Waals surface area contributed by atoms with Crippen LogP contribution < -0.4 is 4.74 Å². The second-order valence-electron chi connectivity index (χ2n) is 3.75. The number of rotatable bonds is 5. The van der Waals surface area contributed by atoms with Crippen molar-refractivity contribution in [2.75, 3.05) is 6.61 Å². The van der Waals surface area contributed by atoms with E-state index in [-0.39, 0.29) is 5.91 Å². The van der Waals surface area contributed by atoms with Crippen LogP contribution in [0, 0.1) is 0 Å². The minimum atomic E-state index is 0.0308. The van der Waals surface area contributed by atoms with E-state index in [0.29, 0.717) is 19.4 Å². The van der Waals surface area contributed by atoms with E-state index in [9.17, 15) is 4.79 Å². The zero-order valence-corrected chi connectivity index (χ0v) is 11.3. The van der Waals surface area contributed by atoms with Crippen LogP contribution in [0.15, 0.2) is 47.5 Å². The summed E-state index contributed by atoms with van der Waals surface area (Å²) < 4.78 is 7.99. The van der Waals surface area contributed by atoms with E-state index in [0.717, 1.165) is 10.2 Å². The van der Waals surface area contributed by atoms with Crippen molar-refractivity contribution in [3.05, 3.63) is 47.5 Å². The van der Waals surface area contributed by atoms with E-state index in [4.69, 9.17) is 4.74 Å². The van der Waals surface area contributed by atoms with Crippen LogP contribution in [-0.2, 0) is 0 Å². The second kappa shape index (κ2) is 6.35. The maximum absolute atomic E-state index is 11.6. The molecular formula is C13H13BrN2O2. The molecule has 1 aromatic heterocycles. The van der Waals surface area contributed by atoms with Gasteiger partial charge in [-0.1, -0.05) is 12.1 Å². The maximum atomic E-state index is 11.6. The molecule has 0 atom stereocenters. The molecule has 0 aliphatic rings. The highest BCUT2D eigenvalue weighted by Gasteiger charge is 2.04. The van der Waals surface area contributed by atoms with Crippen molar-refractivity contribution in [2.24, 2.45) is 0 Å². The average molecular weight is 309 g/mol. The molecule has 5 heteroatoms. The first-order valence-electron chi connectivity index (χ1n) is 5.66. The lowest BCUT2D eigenvalue weighted by Crippen LogP contribution is -2.10. The Morgan fingerprint density at radius 2 is 2.22 bits per heavy atom. The Kier molecular flexibility index (Phi) is 4.52. The molecule has 0 amide bonds. The van der Waals surface area contributed by atoms with Crippen molar-refractivity contribution in [1.29, 1.82) is 0 Å². The highest BCUT2D eigenvalue weighted by molar-refractivity contribution is 9.10. The zero-order chi connectivity index (χ0) is 12.8. The van der Waals surface area contributed by atoms with Crippen LogP contribution >= 0.6 is 15.9 Å². The van der Waals surface area contributed by atoms with Gasteiger partial charge in [0.25, 0.3) is 0 Å². The first kappa shape index (κ1) is 12.8. The van der Waals surface area contributed by atoms with Crippen molar-refractivity contribution in [3.8, 4) is 5.75 Å². The van der Waals surface area contributed by atoms with Crippen molar-refractivity contribution >= 4 is 21.8 Å². The monoisotopic (exact) mass is 308 g/mol. The maximum Gasteiger partial charge on any atom is 0.231 e. The SMILES string of the molecule is O=C(CCCOc1ccccc1Br)n1ccnc1. The van der Waals surface area contributed by atoms with Gasteiger partial charge in [0, 0.05) is 18.8 Å². The largest absolute Gasteiger partial charge is 0.492 e. The Morgan fingerprint density at radius 1 is 1.39 bits per heavy atom. The summed E-state index contributed by atoms with van der Waals surface area (Å²) in [7, 11) is 0. The molecule has 1 heterocycles. The van der Waals surface area contributed by atoms with Gasteiger partial charge in [0.1, 0.15) is 12.1 Å². The van der Waals surface area contributed by atoms with Crippen molar-refractivity contribution in [1.82, 2.24) is 9.55 Å². The number of hydrogen-bond acceptors (Lipinski definition) is 3. The molecule has 0 radical (unpaired) electrons. The highest BCUT2D eigenvalue weighted by atomic mass is 79.9. The summed E-state index contributed by atoms with van der Waals surface area (Å²) >= 11 is 3.40. The lowest BCUT2D eigenvalue weighted by Gasteiger charge is -2.07. The van der Waals surface area contributed by atoms with Gasteiger partial charge in [0.15, 0.2) is 0 Å². The number of benzene rings is 1. The molecule has 0 saturated heterocycles. The Hall–Kier alpha value is -1.62. The van der Waals surface area contributed by atoms with Gasteiger partial charge < -0.3 is 4.74 Å². The van der Waals surface area contributed by atoms with Crippen LogP contribution in [-0.4, -0.2) is 22.1 Å². The molecule has 1 aromatic carbocycles. The summed E-state index contributed by atoms with van der Waals surface area (Å²) in [6.45, 7) is 0.517. The molecule has 94 valence electrons. The Morgan fingerprint density at radius 3 is 2.94 bits per heavy atom. The fourth-order valence-corrected chi connectivity index (χ4v) is 1.90. The molecule has 18 heavy (non-hydrogen) atoms. The van der Waals surface area contributed by atoms with E-state index in [1.165, 1.54) is 10.9 Å². The number of ether oxygens (including phenoxy) is 1. The van der Waals surface area contributed by atoms with Gasteiger partial charge in [-0.15, -0.1) is 0 Å². The third-order valence-corrected chi connectivity index (χ3v) is 3.08. The predicted molar refractivity (Wildman–Crippen MR) is 71.7 cm³/mol. The van der Waals surface area contributed by atoms with Gasteiger partial charge >= 0.3 is 0 Å². The standard InChI is InChI=1S/C13H13BrN2O2/c14-11-4-1-2-5-12(11)18-9-3-6-13(17)16-8-7-15-10-16/h1-2,4-5,7-8,10H,3,6,9H2. The van der Waals surface area contributed by atoms with Crippen LogP contribution in [0.2, 0.25) is 0 Å². The predicted octanol–water partition coefficient (Wildman–Crippen LogP) is 3.15. The Bertz CT molecular complexity index is 511. The minimum absolute atomic E-state index is 0.0308. The first-order valence-corrected chi connectivity index (χ1v) is 6.45. The summed E-state index contributed by atoms with van der Waals surface area (Å²) in [5.41, 5.74) is 0. The molecule has 0 saturated carbocycles. The van der Waals surface area contributed by atoms with Crippen LogP contribution in [0.1, 0.15) is 17.6 Å². The van der Waals surface area contributed by atoms with E-state index in [2.05, 4.69) is 20.9 Å². The van der Waals surface area contributed by atoms with Gasteiger partial charge in [-0.3, -0.25) is 9.36 Å². The lowest BCUT2D eigenvalue weighted by atomic mass is 10.3. The number of imidazole rings is 1. The molecule has 2 aromatic rings. The molecule has 0 spiro atoms. The number of nitrogens with zero attached hydrogens (tertiary/aromatic N) is 2. The molecular weight excluding hydrogens is 296 g/mol. The van der Waals surface area contributed by atoms with Gasteiger partial charge in [-0.25, -0.2) is 4.98 Å². The fourth-order valence-electron chi connectivity index (χ4n) is 1.50. The fraction of sp³-hybridized carbons (Fsp3) is 0.231. The highest BCUT2D eigenvalue weighted by Crippen LogP contribution is 2.23. The third-order valence-electron chi connectivity index (χ3n) is 2.42. The summed E-state index contributed by atoms with van der Waals surface area (Å²) in [5.74, 6) is 0.829. The quantitative estimate of drug-likeness (QED) is 0.797. The van der Waals surface area contributed by atoms with Gasteiger partial charge in [-0.05, 0) is 34.5 Å². The molecule has 0 unspecified atom stereocenters. The van der Waals surface area contributed by atoms with Crippen LogP contribution in [0.4, 0.5) is 0 Å². The number of carbonyl (C=O) groups is 1. The summed E-state index contributed by atoms with van der Waals surface area (Å²) in [6, 6.07) is 7.66. The summed E-state index contributed by atoms with van der Waals surface area (Å²) in [4.78, 5) is 15.5. The lowest BCUT2D eigenvalue weighted by molar-refractivity contribution is 0.0893. The molecule has 4 nitrogen and oxygen atoms in total. The van der Waals surface area contributed by atoms with E-state index >= 15 is 0 Å². The molecule has 0 aliphatic heterocycles. The Labute approximate surface area is 114 Å². The minimum Gasteiger partial charge on any atom is -0.492 e. The van der Waals surface area contributed by atoms with Crippen LogP contribution in [0.3, 0.4) is 0 Å². The molecule has 0 bridgehead atoms. The van der Waals surface area contributed by atoms with Crippen LogP contribution in [0.5, 0.6) is 5.75 Å². The van der Waals surface area contributed by atoms with Crippen molar-refractivity contribution in [2.45, 2.75) is 12.8 Å². The van der Waals surface area contributed by atoms with E-state index in [1.54, 1.807) is 12.4 Å². The molecule has 0 aliphatic carbocycles. The molecule has 0 fully saturated rings. The van der Waals surface area contributed by atoms with E-state index in [1.807, 2.05) is 24.3 Å². The molecule has 2 rings (SSSR count). The third kappa shape index (κ3) is 3.43. The van der Waals surface area contributed by atoms with Gasteiger partial charge in [0.2, 0.25) is 5.91 Å². The number of para-hydroxylation sites is 1. The van der Waals surface area contributed by atoms with Gasteiger partial charge in [0.05, 0.1) is 11.1 Å². The smallest absolute Gasteiger partial charge is 0.231 e. The number of aromatic nitrogens is 2. The summed E-state index contributed by atoms with van der Waals surface area (Å²) in [6.07, 6.45) is 5.88. The van der Waals surface area contributed by atoms with Crippen LogP contribution in [0.25, 0.3) is 0 Å². The Balaban J connectivity index is 1.74. The zero-order valence-electron chi connectivity index (χ0n) is 9.75. The number of halogens is 1. The summed E-state index contributed by atoms with van der Waals surface area (Å²) in [5, 5.41) is 0. The number of carbonyl (C=O) groups excluding carboxylic acids is 1. The van der Waals surface area contributed by atoms with Crippen molar-refractivity contribution in [3.63, 3.8) is 0 Å². The normalized spacial score (nSPS) is 10.3. The average Bonchev–Trinajstić information content (AvgIpc) is 2.90. The number of hydrogen-bond donors (Lipinski definition) is 0.